The van der Waals surface area contributed by atoms with Gasteiger partial charge in [-0.25, -0.2) is 4.79 Å². The summed E-state index contributed by atoms with van der Waals surface area (Å²) in [5, 5.41) is 3.14. The Labute approximate surface area is 151 Å². The van der Waals surface area contributed by atoms with Crippen LogP contribution in [0, 0.1) is 0 Å². The maximum absolute atomic E-state index is 12.5. The molecule has 1 spiro atoms. The van der Waals surface area contributed by atoms with E-state index in [1.54, 1.807) is 4.90 Å². The lowest BCUT2D eigenvalue weighted by Crippen LogP contribution is -2.43. The Balaban J connectivity index is 1.33. The Bertz CT molecular complexity index is 756. The van der Waals surface area contributed by atoms with Crippen molar-refractivity contribution in [1.82, 2.24) is 19.0 Å². The number of hydrogen-bond donors (Lipinski definition) is 1. The van der Waals surface area contributed by atoms with Gasteiger partial charge in [0.1, 0.15) is 11.0 Å². The minimum atomic E-state index is -0.0436. The number of urea groups is 1. The van der Waals surface area contributed by atoms with Crippen LogP contribution in [0.5, 0.6) is 0 Å². The average Bonchev–Trinajstić information content (AvgIpc) is 3.22. The van der Waals surface area contributed by atoms with E-state index in [9.17, 15) is 4.79 Å². The molecule has 1 aliphatic carbocycles. The van der Waals surface area contributed by atoms with Gasteiger partial charge < -0.3 is 15.0 Å². The number of nitrogens with zero attached hydrogens (tertiary/aromatic N) is 3. The second-order valence-corrected chi connectivity index (χ2v) is 7.88. The highest BCUT2D eigenvalue weighted by Gasteiger charge is 2.41. The van der Waals surface area contributed by atoms with Gasteiger partial charge in [0.2, 0.25) is 0 Å². The predicted octanol–water partition coefficient (Wildman–Crippen LogP) is 3.32. The molecule has 1 saturated heterocycles. The quantitative estimate of drug-likeness (QED) is 0.912. The summed E-state index contributed by atoms with van der Waals surface area (Å²) in [5.41, 5.74) is 2.88. The highest BCUT2D eigenvalue weighted by molar-refractivity contribution is 7.00. The van der Waals surface area contributed by atoms with E-state index in [1.807, 2.05) is 25.2 Å². The number of carbonyl (C=O) groups excluding carboxylic acids is 1. The smallest absolute Gasteiger partial charge is 0.317 e. The van der Waals surface area contributed by atoms with Crippen LogP contribution < -0.4 is 5.32 Å². The molecule has 134 valence electrons. The fraction of sp³-hybridized carbons (Fsp3) is 0.611. The maximum atomic E-state index is 12.5. The monoisotopic (exact) mass is 360 g/mol. The molecule has 2 amide bonds. The summed E-state index contributed by atoms with van der Waals surface area (Å²) in [5.74, 6) is 0. The number of hydrogen-bond acceptors (Lipinski definition) is 5. The van der Waals surface area contributed by atoms with Crippen molar-refractivity contribution in [2.24, 2.45) is 0 Å². The van der Waals surface area contributed by atoms with Crippen molar-refractivity contribution in [3.05, 3.63) is 23.8 Å². The summed E-state index contributed by atoms with van der Waals surface area (Å²) in [7, 11) is 1.82. The largest absolute Gasteiger partial charge is 0.373 e. The summed E-state index contributed by atoms with van der Waals surface area (Å²) in [4.78, 5) is 14.2. The molecule has 2 heterocycles. The van der Waals surface area contributed by atoms with E-state index >= 15 is 0 Å². The number of aromatic nitrogens is 2. The summed E-state index contributed by atoms with van der Waals surface area (Å²) < 4.78 is 14.6. The number of fused-ring (bicyclic) bond motifs is 1. The number of rotatable bonds is 3. The fourth-order valence-corrected chi connectivity index (χ4v) is 4.56. The van der Waals surface area contributed by atoms with Gasteiger partial charge >= 0.3 is 6.03 Å². The maximum Gasteiger partial charge on any atom is 0.317 e. The fourth-order valence-electron chi connectivity index (χ4n) is 4.04. The molecule has 1 saturated carbocycles. The van der Waals surface area contributed by atoms with Crippen LogP contribution in [0.4, 0.5) is 4.79 Å². The molecule has 0 bridgehead atoms. The molecule has 4 rings (SSSR count). The Kier molecular flexibility index (Phi) is 4.60. The minimum Gasteiger partial charge on any atom is -0.373 e. The molecule has 1 N–H and O–H groups in total. The third kappa shape index (κ3) is 3.62. The molecule has 7 heteroatoms. The molecule has 6 nitrogen and oxygen atoms in total. The molecule has 1 aromatic carbocycles. The van der Waals surface area contributed by atoms with Crippen molar-refractivity contribution < 1.29 is 9.53 Å². The highest BCUT2D eigenvalue weighted by atomic mass is 32.1. The zero-order valence-electron chi connectivity index (χ0n) is 14.5. The second-order valence-electron chi connectivity index (χ2n) is 7.35. The molecule has 2 aromatic rings. The van der Waals surface area contributed by atoms with E-state index in [1.165, 1.54) is 31.0 Å². The van der Waals surface area contributed by atoms with Crippen molar-refractivity contribution in [1.29, 1.82) is 0 Å². The van der Waals surface area contributed by atoms with Crippen molar-refractivity contribution in [3.8, 4) is 0 Å². The minimum absolute atomic E-state index is 0.0252. The molecular formula is C18H24N4O2S. The van der Waals surface area contributed by atoms with Gasteiger partial charge in [0, 0.05) is 13.6 Å². The van der Waals surface area contributed by atoms with E-state index in [4.69, 9.17) is 4.74 Å². The van der Waals surface area contributed by atoms with Crippen LogP contribution in [0.3, 0.4) is 0 Å². The first-order chi connectivity index (χ1) is 12.1. The standard InChI is InChI=1S/C18H24N4O2S/c1-22(11-13-5-6-15-16(9-13)21-25-20-15)17(23)19-14-10-18(24-12-14)7-3-2-4-8-18/h5-6,9,14H,2-4,7-8,10-12H2,1H3,(H,19,23)/t14-/m0/s1. The zero-order valence-corrected chi connectivity index (χ0v) is 15.3. The van der Waals surface area contributed by atoms with Gasteiger partial charge in [-0.1, -0.05) is 25.3 Å². The summed E-state index contributed by atoms with van der Waals surface area (Å²) in [6.07, 6.45) is 7.02. The van der Waals surface area contributed by atoms with Crippen LogP contribution >= 0.6 is 11.7 Å². The first kappa shape index (κ1) is 16.7. The van der Waals surface area contributed by atoms with Crippen molar-refractivity contribution in [2.75, 3.05) is 13.7 Å². The summed E-state index contributed by atoms with van der Waals surface area (Å²) in [6.45, 7) is 1.19. The molecule has 2 fully saturated rings. The average molecular weight is 360 g/mol. The second kappa shape index (κ2) is 6.88. The van der Waals surface area contributed by atoms with Gasteiger partial charge in [-0.15, -0.1) is 0 Å². The summed E-state index contributed by atoms with van der Waals surface area (Å²) in [6, 6.07) is 6.04. The van der Waals surface area contributed by atoms with E-state index in [2.05, 4.69) is 14.1 Å². The number of benzene rings is 1. The molecule has 0 unspecified atom stereocenters. The number of amides is 2. The third-order valence-corrected chi connectivity index (χ3v) is 5.94. The van der Waals surface area contributed by atoms with E-state index in [0.29, 0.717) is 13.2 Å². The first-order valence-corrected chi connectivity index (χ1v) is 9.73. The van der Waals surface area contributed by atoms with E-state index in [0.717, 1.165) is 35.9 Å². The molecule has 1 atom stereocenters. The van der Waals surface area contributed by atoms with Crippen molar-refractivity contribution in [2.45, 2.75) is 56.7 Å². The zero-order chi connectivity index (χ0) is 17.3. The van der Waals surface area contributed by atoms with Crippen LogP contribution in [-0.2, 0) is 11.3 Å². The van der Waals surface area contributed by atoms with Crippen molar-refractivity contribution in [3.63, 3.8) is 0 Å². The normalized spacial score (nSPS) is 22.4. The first-order valence-electron chi connectivity index (χ1n) is 9.00. The van der Waals surface area contributed by atoms with Gasteiger partial charge in [0.15, 0.2) is 0 Å². The number of carbonyl (C=O) groups is 1. The van der Waals surface area contributed by atoms with Gasteiger partial charge in [0.25, 0.3) is 0 Å². The lowest BCUT2D eigenvalue weighted by molar-refractivity contribution is -0.0246. The molecule has 25 heavy (non-hydrogen) atoms. The van der Waals surface area contributed by atoms with E-state index < -0.39 is 0 Å². The SMILES string of the molecule is CN(Cc1ccc2nsnc2c1)C(=O)N[C@@H]1COC2(CCCCC2)C1. The number of ether oxygens (including phenoxy) is 1. The predicted molar refractivity (Wildman–Crippen MR) is 97.6 cm³/mol. The molecule has 0 radical (unpaired) electrons. The Morgan fingerprint density at radius 1 is 1.32 bits per heavy atom. The number of nitrogens with one attached hydrogen (secondary N) is 1. The van der Waals surface area contributed by atoms with Gasteiger partial charge in [-0.05, 0) is 37.0 Å². The highest BCUT2D eigenvalue weighted by Crippen LogP contribution is 2.39. The van der Waals surface area contributed by atoms with Crippen molar-refractivity contribution >= 4 is 28.8 Å². The molecule has 1 aromatic heterocycles. The van der Waals surface area contributed by atoms with Gasteiger partial charge in [-0.2, -0.15) is 8.75 Å². The topological polar surface area (TPSA) is 67.4 Å². The lowest BCUT2D eigenvalue weighted by atomic mass is 9.82. The van der Waals surface area contributed by atoms with Crippen LogP contribution in [0.1, 0.15) is 44.1 Å². The van der Waals surface area contributed by atoms with Crippen LogP contribution in [-0.4, -0.2) is 45.0 Å². The van der Waals surface area contributed by atoms with Gasteiger partial charge in [-0.3, -0.25) is 0 Å². The van der Waals surface area contributed by atoms with Crippen LogP contribution in [0.2, 0.25) is 0 Å². The lowest BCUT2D eigenvalue weighted by Gasteiger charge is -2.32. The Hall–Kier alpha value is -1.73. The van der Waals surface area contributed by atoms with Crippen LogP contribution in [0.25, 0.3) is 11.0 Å². The van der Waals surface area contributed by atoms with Gasteiger partial charge in [0.05, 0.1) is 30.0 Å². The van der Waals surface area contributed by atoms with Crippen LogP contribution in [0.15, 0.2) is 18.2 Å². The third-order valence-electron chi connectivity index (χ3n) is 5.39. The van der Waals surface area contributed by atoms with E-state index in [-0.39, 0.29) is 17.7 Å². The molecular weight excluding hydrogens is 336 g/mol. The molecule has 2 aliphatic rings. The summed E-state index contributed by atoms with van der Waals surface area (Å²) >= 11 is 1.21. The Morgan fingerprint density at radius 3 is 2.96 bits per heavy atom. The molecule has 1 aliphatic heterocycles. The Morgan fingerprint density at radius 2 is 2.12 bits per heavy atom.